The molecule has 0 unspecified atom stereocenters. The zero-order chi connectivity index (χ0) is 15.7. The molecule has 0 spiro atoms. The van der Waals surface area contributed by atoms with Crippen LogP contribution in [-0.4, -0.2) is 21.0 Å². The number of hydrogen-bond donors (Lipinski definition) is 0. The van der Waals surface area contributed by atoms with Crippen molar-refractivity contribution in [3.8, 4) is 0 Å². The average molecular weight is 361 g/mol. The molecule has 0 amide bonds. The van der Waals surface area contributed by atoms with Crippen LogP contribution >= 0.6 is 15.9 Å². The molecular weight excluding hydrogens is 344 g/mol. The molecule has 0 aliphatic heterocycles. The van der Waals surface area contributed by atoms with Crippen LogP contribution < -0.4 is 0 Å². The number of carbonyl (C=O) groups is 2. The van der Waals surface area contributed by atoms with Crippen LogP contribution in [0.25, 0.3) is 10.1 Å². The van der Waals surface area contributed by atoms with Crippen molar-refractivity contribution in [2.24, 2.45) is 0 Å². The summed E-state index contributed by atoms with van der Waals surface area (Å²) in [4.78, 5) is 29.4. The van der Waals surface area contributed by atoms with Gasteiger partial charge in [0.1, 0.15) is 17.0 Å². The second kappa shape index (κ2) is 6.16. The molecule has 0 N–H and O–H groups in total. The Kier molecular flexibility index (Phi) is 4.25. The van der Waals surface area contributed by atoms with Crippen molar-refractivity contribution >= 4 is 37.6 Å². The lowest BCUT2D eigenvalue weighted by molar-refractivity contribution is -0.112. The van der Waals surface area contributed by atoms with E-state index < -0.39 is 11.6 Å². The van der Waals surface area contributed by atoms with Crippen LogP contribution in [-0.2, 0) is 4.79 Å². The minimum atomic E-state index is -0.456. The van der Waals surface area contributed by atoms with Crippen molar-refractivity contribution in [2.75, 3.05) is 0 Å². The summed E-state index contributed by atoms with van der Waals surface area (Å²) >= 11 is 3.50. The van der Waals surface area contributed by atoms with Gasteiger partial charge in [0.15, 0.2) is 0 Å². The van der Waals surface area contributed by atoms with Crippen molar-refractivity contribution in [2.45, 2.75) is 39.0 Å². The maximum Gasteiger partial charge on any atom is 0.252 e. The number of hydrogen-bond acceptors (Lipinski definition) is 3. The summed E-state index contributed by atoms with van der Waals surface area (Å²) in [5.74, 6) is -0.857. The van der Waals surface area contributed by atoms with E-state index in [1.165, 1.54) is 0 Å². The summed E-state index contributed by atoms with van der Waals surface area (Å²) in [5.41, 5.74) is 2.20. The largest absolute Gasteiger partial charge is 0.296 e. The highest BCUT2D eigenvalue weighted by molar-refractivity contribution is 9.15. The quantitative estimate of drug-likeness (QED) is 0.593. The highest BCUT2D eigenvalue weighted by Crippen LogP contribution is 2.36. The highest BCUT2D eigenvalue weighted by Gasteiger charge is 2.35. The lowest BCUT2D eigenvalue weighted by Gasteiger charge is -2.14. The molecule has 0 radical (unpaired) electrons. The van der Waals surface area contributed by atoms with Gasteiger partial charge in [0.25, 0.3) is 5.78 Å². The number of ketones is 2. The molecule has 2 heterocycles. The predicted octanol–water partition coefficient (Wildman–Crippen LogP) is 4.18. The maximum atomic E-state index is 12.5. The molecule has 2 aromatic heterocycles. The number of carbonyl (C=O) groups excluding carboxylic acids is 2. The third-order valence-electron chi connectivity index (χ3n) is 3.98. The first kappa shape index (κ1) is 15.2. The molecule has 4 nitrogen and oxygen atoms in total. The maximum absolute atomic E-state index is 12.5. The molecule has 114 valence electrons. The lowest BCUT2D eigenvalue weighted by Crippen LogP contribution is -2.24. The Balaban J connectivity index is 2.02. The Bertz CT molecular complexity index is 789. The summed E-state index contributed by atoms with van der Waals surface area (Å²) in [5, 5.41) is 0. The summed E-state index contributed by atoms with van der Waals surface area (Å²) in [7, 11) is 0. The van der Waals surface area contributed by atoms with Crippen molar-refractivity contribution in [3.63, 3.8) is 0 Å². The van der Waals surface area contributed by atoms with Crippen LogP contribution in [0.4, 0.5) is 0 Å². The zero-order valence-electron chi connectivity index (χ0n) is 12.4. The molecule has 22 heavy (non-hydrogen) atoms. The fourth-order valence-electron chi connectivity index (χ4n) is 2.80. The van der Waals surface area contributed by atoms with Crippen LogP contribution in [0.15, 0.2) is 30.0 Å². The van der Waals surface area contributed by atoms with Gasteiger partial charge in [-0.1, -0.05) is 32.3 Å². The second-order valence-corrected chi connectivity index (χ2v) is 6.29. The van der Waals surface area contributed by atoms with E-state index in [2.05, 4.69) is 27.8 Å². The molecule has 0 saturated carbocycles. The first-order valence-corrected chi connectivity index (χ1v) is 8.39. The van der Waals surface area contributed by atoms with Crippen LogP contribution in [0, 0.1) is 0 Å². The topological polar surface area (TPSA) is 51.4 Å². The van der Waals surface area contributed by atoms with Crippen molar-refractivity contribution < 1.29 is 9.59 Å². The van der Waals surface area contributed by atoms with Gasteiger partial charge >= 0.3 is 0 Å². The number of imidazole rings is 1. The molecule has 0 aromatic carbocycles. The predicted molar refractivity (Wildman–Crippen MR) is 89.1 cm³/mol. The van der Waals surface area contributed by atoms with E-state index >= 15 is 0 Å². The smallest absolute Gasteiger partial charge is 0.252 e. The molecule has 5 heteroatoms. The third kappa shape index (κ3) is 2.43. The molecule has 1 aliphatic rings. The molecule has 2 aromatic rings. The van der Waals surface area contributed by atoms with Gasteiger partial charge in [-0.25, -0.2) is 4.98 Å². The van der Waals surface area contributed by atoms with Crippen molar-refractivity contribution in [1.82, 2.24) is 9.38 Å². The van der Waals surface area contributed by atoms with Gasteiger partial charge < -0.3 is 0 Å². The van der Waals surface area contributed by atoms with Gasteiger partial charge in [-0.05, 0) is 40.9 Å². The Morgan fingerprint density at radius 3 is 2.73 bits per heavy atom. The molecule has 0 fully saturated rings. The first-order valence-electron chi connectivity index (χ1n) is 7.60. The number of unbranched alkanes of at least 4 members (excludes halogenated alkanes) is 3. The molecule has 0 bridgehead atoms. The lowest BCUT2D eigenvalue weighted by atomic mass is 9.93. The van der Waals surface area contributed by atoms with Crippen molar-refractivity contribution in [1.29, 1.82) is 0 Å². The van der Waals surface area contributed by atoms with E-state index in [-0.39, 0.29) is 0 Å². The normalized spacial score (nSPS) is 14.8. The number of allylic oxidation sites excluding steroid dienone is 1. The monoisotopic (exact) mass is 360 g/mol. The SMILES string of the molecule is CCCCCCC1=C(Br)c2nc3ccccn3c2C(=O)C1=O. The number of pyridine rings is 1. The minimum absolute atomic E-state index is 0.366. The van der Waals surface area contributed by atoms with E-state index in [0.29, 0.717) is 33.5 Å². The van der Waals surface area contributed by atoms with Gasteiger partial charge in [-0.2, -0.15) is 0 Å². The molecule has 0 saturated heterocycles. The van der Waals surface area contributed by atoms with E-state index in [1.807, 2.05) is 18.2 Å². The van der Waals surface area contributed by atoms with Crippen LogP contribution in [0.3, 0.4) is 0 Å². The van der Waals surface area contributed by atoms with Crippen LogP contribution in [0.1, 0.15) is 55.2 Å². The summed E-state index contributed by atoms with van der Waals surface area (Å²) < 4.78 is 2.36. The number of halogens is 1. The fraction of sp³-hybridized carbons (Fsp3) is 0.353. The fourth-order valence-corrected chi connectivity index (χ4v) is 3.46. The van der Waals surface area contributed by atoms with Gasteiger partial charge in [-0.3, -0.25) is 14.0 Å². The second-order valence-electron chi connectivity index (χ2n) is 5.50. The summed E-state index contributed by atoms with van der Waals surface area (Å²) in [6.07, 6.45) is 6.66. The van der Waals surface area contributed by atoms with E-state index in [0.717, 1.165) is 25.7 Å². The van der Waals surface area contributed by atoms with Gasteiger partial charge in [-0.15, -0.1) is 0 Å². The minimum Gasteiger partial charge on any atom is -0.296 e. The number of nitrogens with zero attached hydrogens (tertiary/aromatic N) is 2. The molecule has 0 atom stereocenters. The number of aromatic nitrogens is 2. The number of Topliss-reactive ketones (excluding diaryl/α,β-unsaturated/α-hetero) is 2. The van der Waals surface area contributed by atoms with Gasteiger partial charge in [0, 0.05) is 11.8 Å². The number of fused-ring (bicyclic) bond motifs is 3. The van der Waals surface area contributed by atoms with Crippen LogP contribution in [0.2, 0.25) is 0 Å². The van der Waals surface area contributed by atoms with E-state index in [9.17, 15) is 9.59 Å². The third-order valence-corrected chi connectivity index (χ3v) is 4.83. The summed E-state index contributed by atoms with van der Waals surface area (Å²) in [6, 6.07) is 5.52. The van der Waals surface area contributed by atoms with Gasteiger partial charge in [0.2, 0.25) is 5.78 Å². The highest BCUT2D eigenvalue weighted by atomic mass is 79.9. The zero-order valence-corrected chi connectivity index (χ0v) is 14.0. The standard InChI is InChI=1S/C17H17BrN2O2/c1-2-3-4-5-8-11-13(18)14-15(17(22)16(11)21)20-10-7-6-9-12(20)19-14/h6-7,9-10H,2-5,8H2,1H3. The molecule has 1 aliphatic carbocycles. The Hall–Kier alpha value is -1.75. The molecule has 3 rings (SSSR count). The van der Waals surface area contributed by atoms with Gasteiger partial charge in [0.05, 0.1) is 4.48 Å². The van der Waals surface area contributed by atoms with E-state index in [4.69, 9.17) is 0 Å². The Morgan fingerprint density at radius 1 is 1.14 bits per heavy atom. The van der Waals surface area contributed by atoms with E-state index in [1.54, 1.807) is 10.6 Å². The summed E-state index contributed by atoms with van der Waals surface area (Å²) in [6.45, 7) is 2.15. The average Bonchev–Trinajstić information content (AvgIpc) is 2.92. The number of rotatable bonds is 5. The Labute approximate surface area is 137 Å². The Morgan fingerprint density at radius 2 is 1.95 bits per heavy atom. The van der Waals surface area contributed by atoms with Crippen LogP contribution in [0.5, 0.6) is 0 Å². The van der Waals surface area contributed by atoms with Crippen molar-refractivity contribution in [3.05, 3.63) is 41.4 Å². The first-order chi connectivity index (χ1) is 10.6. The molecular formula is C17H17BrN2O2.